The van der Waals surface area contributed by atoms with Crippen LogP contribution in [0.4, 0.5) is 5.69 Å². The van der Waals surface area contributed by atoms with Gasteiger partial charge < -0.3 is 15.1 Å². The molecule has 0 spiro atoms. The van der Waals surface area contributed by atoms with Crippen LogP contribution in [0.5, 0.6) is 0 Å². The average Bonchev–Trinajstić information content (AvgIpc) is 2.52. The maximum Gasteiger partial charge on any atom is 0.247 e. The molecule has 5 heteroatoms. The van der Waals surface area contributed by atoms with Gasteiger partial charge in [-0.25, -0.2) is 0 Å². The molecule has 1 N–H and O–H groups in total. The van der Waals surface area contributed by atoms with Crippen molar-refractivity contribution in [2.75, 3.05) is 31.6 Å². The Bertz CT molecular complexity index is 567. The molecule has 5 nitrogen and oxygen atoms in total. The lowest BCUT2D eigenvalue weighted by Gasteiger charge is -2.32. The Balaban J connectivity index is 1.73. The van der Waals surface area contributed by atoms with Crippen molar-refractivity contribution < 1.29 is 9.59 Å². The molecule has 1 aromatic carbocycles. The Morgan fingerprint density at radius 3 is 2.82 bits per heavy atom. The van der Waals surface area contributed by atoms with Crippen molar-refractivity contribution in [3.8, 4) is 0 Å². The van der Waals surface area contributed by atoms with Gasteiger partial charge in [0.25, 0.3) is 0 Å². The van der Waals surface area contributed by atoms with Gasteiger partial charge in [0.15, 0.2) is 0 Å². The van der Waals surface area contributed by atoms with Gasteiger partial charge in [0.05, 0.1) is 6.54 Å². The van der Waals surface area contributed by atoms with Gasteiger partial charge in [-0.15, -0.1) is 0 Å². The van der Waals surface area contributed by atoms with Crippen LogP contribution in [-0.4, -0.2) is 49.4 Å². The molecular weight excluding hydrogens is 278 g/mol. The van der Waals surface area contributed by atoms with Crippen molar-refractivity contribution >= 4 is 17.5 Å². The number of rotatable bonds is 3. The molecule has 118 valence electrons. The van der Waals surface area contributed by atoms with Gasteiger partial charge in [0.2, 0.25) is 11.8 Å². The lowest BCUT2D eigenvalue weighted by molar-refractivity contribution is -0.136. The molecule has 0 radical (unpaired) electrons. The lowest BCUT2D eigenvalue weighted by atomic mass is 9.97. The summed E-state index contributed by atoms with van der Waals surface area (Å²) < 4.78 is 0. The van der Waals surface area contributed by atoms with E-state index in [1.165, 1.54) is 29.7 Å². The van der Waals surface area contributed by atoms with Crippen LogP contribution in [0.15, 0.2) is 24.3 Å². The average molecular weight is 301 g/mol. The normalized spacial score (nSPS) is 23.0. The zero-order chi connectivity index (χ0) is 15.5. The fourth-order valence-electron chi connectivity index (χ4n) is 3.19. The number of benzene rings is 1. The molecule has 22 heavy (non-hydrogen) atoms. The maximum atomic E-state index is 12.2. The van der Waals surface area contributed by atoms with E-state index in [1.54, 1.807) is 11.9 Å². The van der Waals surface area contributed by atoms with Gasteiger partial charge in [-0.3, -0.25) is 9.59 Å². The summed E-state index contributed by atoms with van der Waals surface area (Å²) in [6.45, 7) is 1.39. The number of hydrogen-bond donors (Lipinski definition) is 1. The minimum Gasteiger partial charge on any atom is -0.335 e. The van der Waals surface area contributed by atoms with Crippen LogP contribution < -0.4 is 10.2 Å². The molecule has 2 saturated heterocycles. The van der Waals surface area contributed by atoms with Crippen molar-refractivity contribution in [1.29, 1.82) is 0 Å². The smallest absolute Gasteiger partial charge is 0.247 e. The van der Waals surface area contributed by atoms with Crippen LogP contribution in [0.3, 0.4) is 0 Å². The highest BCUT2D eigenvalue weighted by molar-refractivity contribution is 6.04. The summed E-state index contributed by atoms with van der Waals surface area (Å²) in [5.41, 5.74) is 2.05. The Morgan fingerprint density at radius 1 is 1.18 bits per heavy atom. The summed E-state index contributed by atoms with van der Waals surface area (Å²) in [4.78, 5) is 27.1. The number of likely N-dealkylation sites (N-methyl/N-ethyl adjacent to an activating group) is 1. The minimum absolute atomic E-state index is 0.0149. The highest BCUT2D eigenvalue weighted by Gasteiger charge is 2.28. The number of piperazine rings is 1. The molecule has 1 unspecified atom stereocenters. The van der Waals surface area contributed by atoms with Gasteiger partial charge in [-0.1, -0.05) is 18.6 Å². The van der Waals surface area contributed by atoms with E-state index in [0.717, 1.165) is 18.7 Å². The third-order valence-electron chi connectivity index (χ3n) is 4.51. The zero-order valence-electron chi connectivity index (χ0n) is 13.0. The fraction of sp³-hybridized carbons (Fsp3) is 0.529. The summed E-state index contributed by atoms with van der Waals surface area (Å²) in [5, 5.41) is 3.55. The summed E-state index contributed by atoms with van der Waals surface area (Å²) in [5.74, 6) is -0.0333. The van der Waals surface area contributed by atoms with Gasteiger partial charge in [-0.2, -0.15) is 0 Å². The second-order valence-electron chi connectivity index (χ2n) is 6.25. The molecular formula is C17H23N3O2. The highest BCUT2D eigenvalue weighted by Crippen LogP contribution is 2.21. The van der Waals surface area contributed by atoms with E-state index in [-0.39, 0.29) is 24.9 Å². The first kappa shape index (κ1) is 15.0. The van der Waals surface area contributed by atoms with Gasteiger partial charge >= 0.3 is 0 Å². The number of nitrogens with one attached hydrogen (secondary N) is 1. The highest BCUT2D eigenvalue weighted by atomic mass is 16.2. The molecule has 0 bridgehead atoms. The standard InChI is InChI=1S/C17H23N3O2/c1-19-11-17(22)20(12-16(19)21)15-7-4-5-13(10-15)9-14-6-2-3-8-18-14/h4-5,7,10,14,18H,2-3,6,8-9,11-12H2,1H3. The number of nitrogens with zero attached hydrogens (tertiary/aromatic N) is 2. The summed E-state index contributed by atoms with van der Waals surface area (Å²) in [6, 6.07) is 8.56. The van der Waals surface area contributed by atoms with E-state index >= 15 is 0 Å². The van der Waals surface area contributed by atoms with Crippen LogP contribution >= 0.6 is 0 Å². The van der Waals surface area contributed by atoms with E-state index in [2.05, 4.69) is 11.4 Å². The SMILES string of the molecule is CN1CC(=O)N(c2cccc(CC3CCCCN3)c2)CC1=O. The van der Waals surface area contributed by atoms with Gasteiger partial charge in [-0.05, 0) is 43.5 Å². The topological polar surface area (TPSA) is 52.7 Å². The van der Waals surface area contributed by atoms with Crippen molar-refractivity contribution in [2.45, 2.75) is 31.7 Å². The van der Waals surface area contributed by atoms with Crippen LogP contribution in [-0.2, 0) is 16.0 Å². The minimum atomic E-state index is -0.0185. The number of anilines is 1. The zero-order valence-corrected chi connectivity index (χ0v) is 13.0. The predicted octanol–water partition coefficient (Wildman–Crippen LogP) is 1.18. The lowest BCUT2D eigenvalue weighted by Crippen LogP contribution is -2.52. The van der Waals surface area contributed by atoms with E-state index in [1.807, 2.05) is 18.2 Å². The second-order valence-corrected chi connectivity index (χ2v) is 6.25. The largest absolute Gasteiger partial charge is 0.335 e. The van der Waals surface area contributed by atoms with Crippen molar-refractivity contribution in [3.05, 3.63) is 29.8 Å². The molecule has 1 atom stereocenters. The Morgan fingerprint density at radius 2 is 2.05 bits per heavy atom. The molecule has 0 aromatic heterocycles. The first-order valence-electron chi connectivity index (χ1n) is 8.00. The number of amides is 2. The van der Waals surface area contributed by atoms with Crippen molar-refractivity contribution in [3.63, 3.8) is 0 Å². The molecule has 2 aliphatic rings. The van der Waals surface area contributed by atoms with Crippen molar-refractivity contribution in [1.82, 2.24) is 10.2 Å². The van der Waals surface area contributed by atoms with Crippen LogP contribution in [0, 0.1) is 0 Å². The van der Waals surface area contributed by atoms with Crippen LogP contribution in [0.2, 0.25) is 0 Å². The molecule has 2 amide bonds. The van der Waals surface area contributed by atoms with Gasteiger partial charge in [0.1, 0.15) is 6.54 Å². The molecule has 3 rings (SSSR count). The molecule has 0 saturated carbocycles. The fourth-order valence-corrected chi connectivity index (χ4v) is 3.19. The summed E-state index contributed by atoms with van der Waals surface area (Å²) in [6.07, 6.45) is 4.72. The molecule has 2 aliphatic heterocycles. The second kappa shape index (κ2) is 6.48. The summed E-state index contributed by atoms with van der Waals surface area (Å²) in [7, 11) is 1.67. The first-order chi connectivity index (χ1) is 10.6. The molecule has 1 aromatic rings. The van der Waals surface area contributed by atoms with Crippen LogP contribution in [0.1, 0.15) is 24.8 Å². The van der Waals surface area contributed by atoms with Crippen LogP contribution in [0.25, 0.3) is 0 Å². The van der Waals surface area contributed by atoms with E-state index in [0.29, 0.717) is 6.04 Å². The third-order valence-corrected chi connectivity index (χ3v) is 4.51. The number of hydrogen-bond acceptors (Lipinski definition) is 3. The quantitative estimate of drug-likeness (QED) is 0.912. The Labute approximate surface area is 131 Å². The number of carbonyl (C=O) groups excluding carboxylic acids is 2. The molecule has 0 aliphatic carbocycles. The van der Waals surface area contributed by atoms with Gasteiger partial charge in [0, 0.05) is 18.8 Å². The molecule has 2 heterocycles. The van der Waals surface area contributed by atoms with E-state index in [9.17, 15) is 9.59 Å². The van der Waals surface area contributed by atoms with Crippen molar-refractivity contribution in [2.24, 2.45) is 0 Å². The first-order valence-corrected chi connectivity index (χ1v) is 8.00. The third kappa shape index (κ3) is 3.30. The Hall–Kier alpha value is -1.88. The maximum absolute atomic E-state index is 12.2. The summed E-state index contributed by atoms with van der Waals surface area (Å²) >= 11 is 0. The molecule has 2 fully saturated rings. The monoisotopic (exact) mass is 301 g/mol. The van der Waals surface area contributed by atoms with E-state index in [4.69, 9.17) is 0 Å². The Kier molecular flexibility index (Phi) is 4.43. The number of carbonyl (C=O) groups is 2. The van der Waals surface area contributed by atoms with E-state index < -0.39 is 0 Å². The number of piperidine rings is 1. The predicted molar refractivity (Wildman–Crippen MR) is 85.8 cm³/mol.